The van der Waals surface area contributed by atoms with E-state index in [0.29, 0.717) is 5.92 Å². The van der Waals surface area contributed by atoms with Crippen molar-refractivity contribution in [3.63, 3.8) is 0 Å². The minimum atomic E-state index is 0.151. The van der Waals surface area contributed by atoms with E-state index in [4.69, 9.17) is 10.3 Å². The number of fused-ring (bicyclic) bond motifs is 1. The van der Waals surface area contributed by atoms with Crippen molar-refractivity contribution >= 4 is 11.0 Å². The van der Waals surface area contributed by atoms with Gasteiger partial charge in [-0.1, -0.05) is 37.5 Å². The van der Waals surface area contributed by atoms with E-state index in [0.717, 1.165) is 16.7 Å². The molecule has 1 aliphatic rings. The van der Waals surface area contributed by atoms with E-state index in [9.17, 15) is 0 Å². The molecule has 1 heterocycles. The zero-order valence-corrected chi connectivity index (χ0v) is 10.6. The van der Waals surface area contributed by atoms with E-state index in [1.54, 1.807) is 0 Å². The van der Waals surface area contributed by atoms with Crippen molar-refractivity contribution in [2.75, 3.05) is 0 Å². The molecule has 96 valence electrons. The highest BCUT2D eigenvalue weighted by Gasteiger charge is 2.26. The average Bonchev–Trinajstić information content (AvgIpc) is 2.84. The van der Waals surface area contributed by atoms with E-state index in [2.05, 4.69) is 17.6 Å². The summed E-state index contributed by atoms with van der Waals surface area (Å²) in [5.41, 5.74) is 3.90. The first-order valence-electron chi connectivity index (χ1n) is 6.83. The number of hydrogen-bond donors (Lipinski definition) is 2. The molecule has 0 radical (unpaired) electrons. The largest absolute Gasteiger partial charge is 0.459 e. The topological polar surface area (TPSA) is 51.2 Å². The van der Waals surface area contributed by atoms with Crippen LogP contribution in [0.15, 0.2) is 34.7 Å². The maximum Gasteiger partial charge on any atom is 0.134 e. The molecule has 3 heteroatoms. The van der Waals surface area contributed by atoms with Crippen LogP contribution in [0, 0.1) is 5.92 Å². The molecule has 1 saturated carbocycles. The Bertz CT molecular complexity index is 481. The van der Waals surface area contributed by atoms with Crippen molar-refractivity contribution < 1.29 is 4.42 Å². The second-order valence-corrected chi connectivity index (χ2v) is 5.23. The minimum absolute atomic E-state index is 0.151. The molecule has 1 aromatic heterocycles. The number of hydrogen-bond acceptors (Lipinski definition) is 3. The van der Waals surface area contributed by atoms with Gasteiger partial charge in [0.2, 0.25) is 0 Å². The number of benzene rings is 1. The quantitative estimate of drug-likeness (QED) is 0.641. The fourth-order valence-electron chi connectivity index (χ4n) is 3.07. The Morgan fingerprint density at radius 2 is 1.94 bits per heavy atom. The summed E-state index contributed by atoms with van der Waals surface area (Å²) in [6.45, 7) is 0. The third kappa shape index (κ3) is 2.16. The lowest BCUT2D eigenvalue weighted by Gasteiger charge is -2.28. The lowest BCUT2D eigenvalue weighted by molar-refractivity contribution is 0.249. The van der Waals surface area contributed by atoms with Crippen LogP contribution in [0.1, 0.15) is 43.9 Å². The first-order chi connectivity index (χ1) is 8.88. The molecule has 0 aliphatic heterocycles. The van der Waals surface area contributed by atoms with Crippen LogP contribution in [0.2, 0.25) is 0 Å². The molecule has 3 rings (SSSR count). The van der Waals surface area contributed by atoms with Crippen LogP contribution in [0.5, 0.6) is 0 Å². The molecule has 0 bridgehead atoms. The van der Waals surface area contributed by atoms with Gasteiger partial charge in [0.05, 0.1) is 6.04 Å². The maximum absolute atomic E-state index is 5.93. The fraction of sp³-hybridized carbons (Fsp3) is 0.467. The summed E-state index contributed by atoms with van der Waals surface area (Å²) < 4.78 is 5.93. The minimum Gasteiger partial charge on any atom is -0.459 e. The van der Waals surface area contributed by atoms with E-state index >= 15 is 0 Å². The van der Waals surface area contributed by atoms with Crippen molar-refractivity contribution in [1.82, 2.24) is 5.43 Å². The van der Waals surface area contributed by atoms with Gasteiger partial charge in [-0.2, -0.15) is 0 Å². The van der Waals surface area contributed by atoms with Gasteiger partial charge >= 0.3 is 0 Å². The van der Waals surface area contributed by atoms with Gasteiger partial charge in [0.25, 0.3) is 0 Å². The van der Waals surface area contributed by atoms with Crippen LogP contribution in [0.4, 0.5) is 0 Å². The van der Waals surface area contributed by atoms with Gasteiger partial charge in [0, 0.05) is 5.39 Å². The first-order valence-corrected chi connectivity index (χ1v) is 6.83. The molecule has 1 fully saturated rings. The molecular formula is C15H20N2O. The Hall–Kier alpha value is -1.32. The predicted molar refractivity (Wildman–Crippen MR) is 72.9 cm³/mol. The monoisotopic (exact) mass is 244 g/mol. The molecule has 1 atom stereocenters. The lowest BCUT2D eigenvalue weighted by Crippen LogP contribution is -2.34. The van der Waals surface area contributed by atoms with Crippen molar-refractivity contribution in [2.45, 2.75) is 38.1 Å². The van der Waals surface area contributed by atoms with Crippen molar-refractivity contribution in [2.24, 2.45) is 11.8 Å². The number of hydrazine groups is 1. The summed E-state index contributed by atoms with van der Waals surface area (Å²) in [4.78, 5) is 0. The molecule has 18 heavy (non-hydrogen) atoms. The summed E-state index contributed by atoms with van der Waals surface area (Å²) in [7, 11) is 0. The summed E-state index contributed by atoms with van der Waals surface area (Å²) in [6.07, 6.45) is 6.46. The molecular weight excluding hydrogens is 224 g/mol. The summed E-state index contributed by atoms with van der Waals surface area (Å²) >= 11 is 0. The molecule has 0 amide bonds. The van der Waals surface area contributed by atoms with Gasteiger partial charge in [0.1, 0.15) is 11.3 Å². The summed E-state index contributed by atoms with van der Waals surface area (Å²) in [6, 6.07) is 10.4. The zero-order chi connectivity index (χ0) is 12.4. The molecule has 1 aliphatic carbocycles. The number of nitrogens with one attached hydrogen (secondary N) is 1. The Morgan fingerprint density at radius 1 is 1.17 bits per heavy atom. The highest BCUT2D eigenvalue weighted by molar-refractivity contribution is 5.77. The standard InChI is InChI=1S/C15H20N2O/c16-17-15(11-6-2-1-3-7-11)14-10-12-8-4-5-9-13(12)18-14/h4-5,8-11,15,17H,1-3,6-7,16H2. The van der Waals surface area contributed by atoms with Crippen molar-refractivity contribution in [3.05, 3.63) is 36.1 Å². The number of nitrogens with two attached hydrogens (primary N) is 1. The smallest absolute Gasteiger partial charge is 0.134 e. The molecule has 3 N–H and O–H groups in total. The molecule has 1 unspecified atom stereocenters. The molecule has 1 aromatic carbocycles. The van der Waals surface area contributed by atoms with Gasteiger partial charge < -0.3 is 4.42 Å². The Kier molecular flexibility index (Phi) is 3.35. The van der Waals surface area contributed by atoms with Crippen molar-refractivity contribution in [3.8, 4) is 0 Å². The highest BCUT2D eigenvalue weighted by atomic mass is 16.3. The lowest BCUT2D eigenvalue weighted by atomic mass is 9.83. The molecule has 0 spiro atoms. The van der Waals surface area contributed by atoms with Crippen LogP contribution >= 0.6 is 0 Å². The van der Waals surface area contributed by atoms with Crippen LogP contribution in [-0.2, 0) is 0 Å². The van der Waals surface area contributed by atoms with Gasteiger partial charge in [-0.3, -0.25) is 5.84 Å². The van der Waals surface area contributed by atoms with Crippen LogP contribution < -0.4 is 11.3 Å². The normalized spacial score (nSPS) is 19.2. The Labute approximate surface area is 107 Å². The summed E-state index contributed by atoms with van der Waals surface area (Å²) in [5.74, 6) is 7.33. The Balaban J connectivity index is 1.90. The maximum atomic E-state index is 5.93. The van der Waals surface area contributed by atoms with Crippen LogP contribution in [-0.4, -0.2) is 0 Å². The van der Waals surface area contributed by atoms with Gasteiger partial charge in [0.15, 0.2) is 0 Å². The fourth-order valence-corrected chi connectivity index (χ4v) is 3.07. The van der Waals surface area contributed by atoms with Gasteiger partial charge in [-0.05, 0) is 30.9 Å². The van der Waals surface area contributed by atoms with Crippen molar-refractivity contribution in [1.29, 1.82) is 0 Å². The SMILES string of the molecule is NNC(c1cc2ccccc2o1)C1CCCCC1. The van der Waals surface area contributed by atoms with Crippen LogP contribution in [0.3, 0.4) is 0 Å². The highest BCUT2D eigenvalue weighted by Crippen LogP contribution is 2.35. The zero-order valence-electron chi connectivity index (χ0n) is 10.6. The molecule has 0 saturated heterocycles. The molecule has 3 nitrogen and oxygen atoms in total. The molecule has 2 aromatic rings. The third-order valence-electron chi connectivity index (χ3n) is 4.05. The van der Waals surface area contributed by atoms with E-state index in [1.807, 2.05) is 18.2 Å². The first kappa shape index (κ1) is 11.8. The Morgan fingerprint density at radius 3 is 2.67 bits per heavy atom. The van der Waals surface area contributed by atoms with E-state index in [1.165, 1.54) is 32.1 Å². The summed E-state index contributed by atoms with van der Waals surface area (Å²) in [5, 5.41) is 1.16. The number of furan rings is 1. The van der Waals surface area contributed by atoms with E-state index in [-0.39, 0.29) is 6.04 Å². The predicted octanol–water partition coefficient (Wildman–Crippen LogP) is 3.52. The number of rotatable bonds is 3. The van der Waals surface area contributed by atoms with E-state index < -0.39 is 0 Å². The second-order valence-electron chi connectivity index (χ2n) is 5.23. The van der Waals surface area contributed by atoms with Gasteiger partial charge in [-0.15, -0.1) is 0 Å². The number of para-hydroxylation sites is 1. The van der Waals surface area contributed by atoms with Gasteiger partial charge in [-0.25, -0.2) is 5.43 Å². The van der Waals surface area contributed by atoms with Crippen LogP contribution in [0.25, 0.3) is 11.0 Å². The second kappa shape index (κ2) is 5.12. The average molecular weight is 244 g/mol. The third-order valence-corrected chi connectivity index (χ3v) is 4.05.